The first kappa shape index (κ1) is 22.2. The van der Waals surface area contributed by atoms with Crippen LogP contribution >= 0.6 is 0 Å². The van der Waals surface area contributed by atoms with E-state index in [0.29, 0.717) is 24.5 Å². The standard InChI is InChI=1S/C24H39NO5/c1-13(11-25)22(29)30-14-6-8-23(2)17-7-9-24(3)16(4-5-19(24)27)20(17)21(28)15(12-26)18(23)10-14/h13-18,20-21,26,28H,4-12,25H2,1-3H3/t13?,14?,15?,16-,17+,18?,20-,21?,23+,24-/m0/s1. The first-order chi connectivity index (χ1) is 14.2. The summed E-state index contributed by atoms with van der Waals surface area (Å²) in [5.74, 6) is 0.307. The van der Waals surface area contributed by atoms with Crippen molar-refractivity contribution in [3.05, 3.63) is 0 Å². The van der Waals surface area contributed by atoms with Crippen molar-refractivity contribution < 1.29 is 24.5 Å². The number of aliphatic hydroxyl groups is 2. The number of hydrogen-bond acceptors (Lipinski definition) is 6. The summed E-state index contributed by atoms with van der Waals surface area (Å²) < 4.78 is 5.77. The SMILES string of the molecule is CC(CN)C(=O)OC1CC[C@@]2(C)C(C1)C(CO)C(O)[C@@H]1[C@H]2CC[C@]2(C)C(=O)CC[C@@H]12. The van der Waals surface area contributed by atoms with Crippen LogP contribution in [0.4, 0.5) is 0 Å². The Balaban J connectivity index is 1.59. The van der Waals surface area contributed by atoms with Crippen molar-refractivity contribution in [1.82, 2.24) is 0 Å². The van der Waals surface area contributed by atoms with Crippen molar-refractivity contribution in [2.24, 2.45) is 52.1 Å². The highest BCUT2D eigenvalue weighted by Gasteiger charge is 2.65. The van der Waals surface area contributed by atoms with Gasteiger partial charge in [0.05, 0.1) is 12.0 Å². The average molecular weight is 422 g/mol. The van der Waals surface area contributed by atoms with E-state index in [1.54, 1.807) is 6.92 Å². The summed E-state index contributed by atoms with van der Waals surface area (Å²) in [5, 5.41) is 21.8. The highest BCUT2D eigenvalue weighted by molar-refractivity contribution is 5.87. The van der Waals surface area contributed by atoms with E-state index in [0.717, 1.165) is 32.1 Å². The van der Waals surface area contributed by atoms with Crippen LogP contribution in [0.25, 0.3) is 0 Å². The molecule has 0 aliphatic heterocycles. The van der Waals surface area contributed by atoms with Crippen LogP contribution in [0.15, 0.2) is 0 Å². The lowest BCUT2D eigenvalue weighted by Gasteiger charge is -2.63. The lowest BCUT2D eigenvalue weighted by atomic mass is 9.42. The number of hydrogen-bond donors (Lipinski definition) is 3. The zero-order valence-corrected chi connectivity index (χ0v) is 18.7. The van der Waals surface area contributed by atoms with Crippen molar-refractivity contribution in [3.63, 3.8) is 0 Å². The van der Waals surface area contributed by atoms with Gasteiger partial charge in [-0.15, -0.1) is 0 Å². The monoisotopic (exact) mass is 421 g/mol. The van der Waals surface area contributed by atoms with Gasteiger partial charge < -0.3 is 20.7 Å². The maximum absolute atomic E-state index is 12.7. The fourth-order valence-corrected chi connectivity index (χ4v) is 7.91. The average Bonchev–Trinajstić information content (AvgIpc) is 3.03. The van der Waals surface area contributed by atoms with Gasteiger partial charge in [0.2, 0.25) is 0 Å². The zero-order valence-electron chi connectivity index (χ0n) is 18.7. The second-order valence-electron chi connectivity index (χ2n) is 11.1. The van der Waals surface area contributed by atoms with Gasteiger partial charge in [0.15, 0.2) is 0 Å². The Hall–Kier alpha value is -0.980. The van der Waals surface area contributed by atoms with Crippen molar-refractivity contribution in [2.45, 2.75) is 77.9 Å². The molecule has 30 heavy (non-hydrogen) atoms. The fourth-order valence-electron chi connectivity index (χ4n) is 7.91. The maximum Gasteiger partial charge on any atom is 0.310 e. The maximum atomic E-state index is 12.7. The number of carbonyl (C=O) groups is 2. The minimum absolute atomic E-state index is 0.00729. The van der Waals surface area contributed by atoms with Crippen LogP contribution in [-0.2, 0) is 14.3 Å². The summed E-state index contributed by atoms with van der Waals surface area (Å²) in [6, 6.07) is 0. The number of aliphatic hydroxyl groups excluding tert-OH is 2. The number of ether oxygens (including phenoxy) is 1. The Bertz CT molecular complexity index is 697. The minimum atomic E-state index is -0.606. The Morgan fingerprint density at radius 2 is 1.93 bits per heavy atom. The van der Waals surface area contributed by atoms with Crippen LogP contribution in [0.5, 0.6) is 0 Å². The van der Waals surface area contributed by atoms with Gasteiger partial charge in [-0.2, -0.15) is 0 Å². The highest BCUT2D eigenvalue weighted by atomic mass is 16.5. The smallest absolute Gasteiger partial charge is 0.310 e. The summed E-state index contributed by atoms with van der Waals surface area (Å²) in [4.78, 5) is 24.9. The van der Waals surface area contributed by atoms with Gasteiger partial charge in [0.25, 0.3) is 0 Å². The molecule has 10 atom stereocenters. The molecule has 0 heterocycles. The van der Waals surface area contributed by atoms with Crippen LogP contribution in [0, 0.1) is 46.3 Å². The number of nitrogens with two attached hydrogens (primary N) is 1. The first-order valence-corrected chi connectivity index (χ1v) is 11.9. The largest absolute Gasteiger partial charge is 0.462 e. The molecule has 170 valence electrons. The van der Waals surface area contributed by atoms with Gasteiger partial charge in [0.1, 0.15) is 11.9 Å². The Labute approximate surface area is 179 Å². The van der Waals surface area contributed by atoms with E-state index in [1.165, 1.54) is 0 Å². The molecule has 4 aliphatic carbocycles. The summed E-state index contributed by atoms with van der Waals surface area (Å²) in [6.45, 7) is 6.41. The third-order valence-electron chi connectivity index (χ3n) is 9.86. The number of Topliss-reactive ketones (excluding diaryl/α,β-unsaturated/α-hetero) is 1. The third kappa shape index (κ3) is 3.17. The number of fused-ring (bicyclic) bond motifs is 5. The van der Waals surface area contributed by atoms with Gasteiger partial charge in [-0.1, -0.05) is 20.8 Å². The van der Waals surface area contributed by atoms with Gasteiger partial charge in [-0.25, -0.2) is 0 Å². The van der Waals surface area contributed by atoms with E-state index in [2.05, 4.69) is 13.8 Å². The Morgan fingerprint density at radius 1 is 1.20 bits per heavy atom. The molecule has 0 radical (unpaired) electrons. The number of carbonyl (C=O) groups excluding carboxylic acids is 2. The molecule has 0 amide bonds. The molecule has 6 nitrogen and oxygen atoms in total. The molecule has 5 unspecified atom stereocenters. The molecule has 6 heteroatoms. The fraction of sp³-hybridized carbons (Fsp3) is 0.917. The zero-order chi connectivity index (χ0) is 21.8. The quantitative estimate of drug-likeness (QED) is 0.601. The molecule has 0 bridgehead atoms. The predicted molar refractivity (Wildman–Crippen MR) is 112 cm³/mol. The number of ketones is 1. The summed E-state index contributed by atoms with van der Waals surface area (Å²) >= 11 is 0. The molecule has 4 N–H and O–H groups in total. The molecule has 0 aromatic rings. The lowest BCUT2D eigenvalue weighted by molar-refractivity contribution is -0.209. The molecular formula is C24H39NO5. The van der Waals surface area contributed by atoms with Gasteiger partial charge >= 0.3 is 5.97 Å². The molecule has 4 fully saturated rings. The normalized spacial score (nSPS) is 49.0. The highest BCUT2D eigenvalue weighted by Crippen LogP contribution is 2.66. The number of esters is 1. The van der Waals surface area contributed by atoms with E-state index in [9.17, 15) is 19.8 Å². The molecule has 0 aromatic carbocycles. The van der Waals surface area contributed by atoms with Crippen molar-refractivity contribution in [1.29, 1.82) is 0 Å². The summed E-state index contributed by atoms with van der Waals surface area (Å²) in [7, 11) is 0. The van der Waals surface area contributed by atoms with Crippen molar-refractivity contribution in [3.8, 4) is 0 Å². The second kappa shape index (κ2) is 7.86. The third-order valence-corrected chi connectivity index (χ3v) is 9.86. The van der Waals surface area contributed by atoms with Gasteiger partial charge in [-0.05, 0) is 67.6 Å². The van der Waals surface area contributed by atoms with E-state index in [1.807, 2.05) is 0 Å². The molecule has 0 saturated heterocycles. The van der Waals surface area contributed by atoms with E-state index >= 15 is 0 Å². The molecule has 4 aliphatic rings. The predicted octanol–water partition coefficient (Wildman–Crippen LogP) is 2.29. The van der Waals surface area contributed by atoms with E-state index in [4.69, 9.17) is 10.5 Å². The Kier molecular flexibility index (Phi) is 5.82. The number of rotatable bonds is 4. The second-order valence-corrected chi connectivity index (χ2v) is 11.1. The molecule has 0 aromatic heterocycles. The van der Waals surface area contributed by atoms with Crippen molar-refractivity contribution >= 4 is 11.8 Å². The topological polar surface area (TPSA) is 110 Å². The molecular weight excluding hydrogens is 382 g/mol. The van der Waals surface area contributed by atoms with Crippen LogP contribution in [-0.4, -0.2) is 47.3 Å². The summed E-state index contributed by atoms with van der Waals surface area (Å²) in [6.07, 6.45) is 5.00. The van der Waals surface area contributed by atoms with Crippen LogP contribution in [0.3, 0.4) is 0 Å². The van der Waals surface area contributed by atoms with Crippen LogP contribution < -0.4 is 5.73 Å². The van der Waals surface area contributed by atoms with Gasteiger partial charge in [-0.3, -0.25) is 9.59 Å². The summed E-state index contributed by atoms with van der Waals surface area (Å²) in [5.41, 5.74) is 5.30. The molecule has 0 spiro atoms. The lowest BCUT2D eigenvalue weighted by Crippen LogP contribution is -2.63. The van der Waals surface area contributed by atoms with Crippen molar-refractivity contribution in [2.75, 3.05) is 13.2 Å². The Morgan fingerprint density at radius 3 is 2.60 bits per heavy atom. The van der Waals surface area contributed by atoms with E-state index < -0.39 is 6.10 Å². The van der Waals surface area contributed by atoms with E-state index in [-0.39, 0.29) is 65.6 Å². The van der Waals surface area contributed by atoms with Crippen LogP contribution in [0.2, 0.25) is 0 Å². The first-order valence-electron chi connectivity index (χ1n) is 11.9. The molecule has 4 rings (SSSR count). The minimum Gasteiger partial charge on any atom is -0.462 e. The van der Waals surface area contributed by atoms with Gasteiger partial charge in [0, 0.05) is 30.9 Å². The molecule has 4 saturated carbocycles. The van der Waals surface area contributed by atoms with Crippen LogP contribution in [0.1, 0.15) is 65.7 Å².